The van der Waals surface area contributed by atoms with Crippen molar-refractivity contribution in [2.75, 3.05) is 266 Å². The van der Waals surface area contributed by atoms with Crippen LogP contribution in [0.1, 0.15) is 6.42 Å². The first-order valence-corrected chi connectivity index (χ1v) is 36.5. The third-order valence-electron chi connectivity index (χ3n) is 18.2. The van der Waals surface area contributed by atoms with Crippen LogP contribution in [-0.4, -0.2) is 395 Å². The first-order chi connectivity index (χ1) is 51.1. The normalized spacial score (nSPS) is 17.4. The molecule has 0 aromatic heterocycles. The Balaban J connectivity index is 1.13. The lowest BCUT2D eigenvalue weighted by Gasteiger charge is -2.34. The van der Waals surface area contributed by atoms with Gasteiger partial charge in [0, 0.05) is 211 Å². The minimum Gasteiger partial charge on any atom is -0.480 e. The zero-order valence-electron chi connectivity index (χ0n) is 60.0. The van der Waals surface area contributed by atoms with Crippen LogP contribution in [0, 0.1) is 5.92 Å². The van der Waals surface area contributed by atoms with Crippen LogP contribution in [0.5, 0.6) is 0 Å². The molecular formula is C68H102N18O18S3. The predicted octanol–water partition coefficient (Wildman–Crippen LogP) is -1.11. The van der Waals surface area contributed by atoms with Crippen LogP contribution in [0.2, 0.25) is 0 Å². The fraction of sp³-hybridized carbons (Fsp3) is 0.559. The van der Waals surface area contributed by atoms with Crippen molar-refractivity contribution in [1.82, 2.24) is 60.0 Å². The molecule has 0 atom stereocenters. The highest BCUT2D eigenvalue weighted by Gasteiger charge is 2.26. The van der Waals surface area contributed by atoms with E-state index in [9.17, 15) is 89.1 Å². The Morgan fingerprint density at radius 3 is 0.617 bits per heavy atom. The van der Waals surface area contributed by atoms with Gasteiger partial charge in [-0.05, 0) is 122 Å². The molecule has 0 spiro atoms. The summed E-state index contributed by atoms with van der Waals surface area (Å²) >= 11 is 17.5. The Morgan fingerprint density at radius 1 is 0.271 bits per heavy atom. The Labute approximate surface area is 637 Å². The lowest BCUT2D eigenvalue weighted by molar-refractivity contribution is -0.140. The fourth-order valence-corrected chi connectivity index (χ4v) is 13.1. The molecule has 3 fully saturated rings. The lowest BCUT2D eigenvalue weighted by Crippen LogP contribution is -2.48. The maximum Gasteiger partial charge on any atom is 0.317 e. The molecule has 0 aliphatic carbocycles. The average molecular weight is 1560 g/mol. The maximum absolute atomic E-state index is 11.9. The van der Waals surface area contributed by atoms with Gasteiger partial charge in [0.2, 0.25) is 0 Å². The molecule has 3 aromatic rings. The first kappa shape index (κ1) is 86.9. The summed E-state index contributed by atoms with van der Waals surface area (Å²) in [4.78, 5) is 128. The predicted molar refractivity (Wildman–Crippen MR) is 413 cm³/mol. The van der Waals surface area contributed by atoms with Gasteiger partial charge in [-0.2, -0.15) is 0 Å². The molecule has 3 aliphatic heterocycles. The van der Waals surface area contributed by atoms with E-state index in [0.29, 0.717) is 137 Å². The van der Waals surface area contributed by atoms with Gasteiger partial charge in [-0.25, -0.2) is 0 Å². The van der Waals surface area contributed by atoms with E-state index in [-0.39, 0.29) is 143 Å². The Morgan fingerprint density at radius 2 is 0.439 bits per heavy atom. The van der Waals surface area contributed by atoms with Gasteiger partial charge in [-0.15, -0.1) is 0 Å². The molecule has 3 saturated heterocycles. The van der Waals surface area contributed by atoms with Gasteiger partial charge in [0.15, 0.2) is 15.3 Å². The molecule has 0 unspecified atom stereocenters. The molecule has 3 aliphatic rings. The van der Waals surface area contributed by atoms with Gasteiger partial charge in [-0.3, -0.25) is 87.3 Å². The van der Waals surface area contributed by atoms with Crippen LogP contribution in [0.25, 0.3) is 0 Å². The second-order valence-electron chi connectivity index (χ2n) is 26.3. The minimum absolute atomic E-state index is 0.151. The second kappa shape index (κ2) is 46.3. The number of carboxylic acids is 9. The summed E-state index contributed by atoms with van der Waals surface area (Å²) in [6, 6.07) is 22.4. The number of nitrogens with zero attached hydrogens (tertiary/aromatic N) is 12. The summed E-state index contributed by atoms with van der Waals surface area (Å²) in [6.45, 7) is 6.40. The largest absolute Gasteiger partial charge is 0.480 e. The summed E-state index contributed by atoms with van der Waals surface area (Å²) < 4.78 is 0. The van der Waals surface area contributed by atoms with Gasteiger partial charge in [0.1, 0.15) is 0 Å². The Hall–Kier alpha value is -9.00. The molecule has 6 rings (SSSR count). The number of hydrogen-bond acceptors (Lipinski definition) is 24. The van der Waals surface area contributed by atoms with Crippen molar-refractivity contribution in [3.05, 3.63) is 72.8 Å². The summed E-state index contributed by atoms with van der Waals surface area (Å²) in [5.41, 5.74) is 4.36. The number of nitrogens with one attached hydrogen (secondary N) is 6. The van der Waals surface area contributed by atoms with E-state index in [2.05, 4.69) is 46.6 Å². The van der Waals surface area contributed by atoms with Crippen LogP contribution < -0.4 is 46.6 Å². The molecule has 590 valence electrons. The van der Waals surface area contributed by atoms with Crippen molar-refractivity contribution in [1.29, 1.82) is 0 Å². The van der Waals surface area contributed by atoms with E-state index in [0.717, 1.165) is 17.1 Å². The van der Waals surface area contributed by atoms with Gasteiger partial charge >= 0.3 is 53.7 Å². The summed E-state index contributed by atoms with van der Waals surface area (Å²) in [7, 11) is 0. The molecule has 107 heavy (non-hydrogen) atoms. The number of hydrogen-bond donors (Lipinski definition) is 15. The lowest BCUT2D eigenvalue weighted by atomic mass is 10.1. The van der Waals surface area contributed by atoms with Crippen LogP contribution in [0.3, 0.4) is 0 Å². The summed E-state index contributed by atoms with van der Waals surface area (Å²) in [6.07, 6.45) is 0.536. The highest BCUT2D eigenvalue weighted by Crippen LogP contribution is 2.23. The molecular weight excluding hydrogens is 1450 g/mol. The SMILES string of the molecule is O=C(O)CN1CCN(CC(=O)O)CCN(c2ccc(NC(=S)NCCC(CNC(=S)Nc3ccc(N4CCN(CC(=O)O)CCN(CC(=O)O)CCN(CC(=O)O)CC4)cc3)CNC(=S)Nc3ccc(N4CCN(CC(=O)O)CCN(CC(=O)O)CCN(CC(=O)O)CC4)cc3)cc2)CCN(CC(=O)O)CC1. The smallest absolute Gasteiger partial charge is 0.317 e. The number of carbonyl (C=O) groups is 9. The first-order valence-electron chi connectivity index (χ1n) is 35.2. The van der Waals surface area contributed by atoms with Crippen LogP contribution >= 0.6 is 36.7 Å². The van der Waals surface area contributed by atoms with Gasteiger partial charge in [-0.1, -0.05) is 0 Å². The fourth-order valence-electron chi connectivity index (χ4n) is 12.5. The maximum atomic E-state index is 11.9. The number of carboxylic acid groups (broad SMARTS) is 9. The van der Waals surface area contributed by atoms with Crippen molar-refractivity contribution >= 4 is 140 Å². The quantitative estimate of drug-likeness (QED) is 0.0340. The van der Waals surface area contributed by atoms with Crippen LogP contribution in [-0.2, 0) is 43.2 Å². The van der Waals surface area contributed by atoms with Crippen molar-refractivity contribution in [3.8, 4) is 0 Å². The third-order valence-corrected chi connectivity index (χ3v) is 18.9. The molecule has 0 bridgehead atoms. The summed E-state index contributed by atoms with van der Waals surface area (Å²) in [5.74, 6) is -9.42. The van der Waals surface area contributed by atoms with E-state index < -0.39 is 53.7 Å². The molecule has 3 aromatic carbocycles. The van der Waals surface area contributed by atoms with E-state index >= 15 is 0 Å². The van der Waals surface area contributed by atoms with E-state index in [4.69, 9.17) is 36.7 Å². The zero-order chi connectivity index (χ0) is 77.8. The molecule has 15 N–H and O–H groups in total. The monoisotopic (exact) mass is 1550 g/mol. The number of anilines is 6. The third kappa shape index (κ3) is 35.5. The van der Waals surface area contributed by atoms with E-state index in [1.165, 1.54) is 0 Å². The minimum atomic E-state index is -1.04. The van der Waals surface area contributed by atoms with Crippen molar-refractivity contribution in [2.24, 2.45) is 5.92 Å². The highest BCUT2D eigenvalue weighted by atomic mass is 32.1. The molecule has 3 heterocycles. The molecule has 0 radical (unpaired) electrons. The van der Waals surface area contributed by atoms with Crippen LogP contribution in [0.15, 0.2) is 72.8 Å². The molecule has 39 heteroatoms. The van der Waals surface area contributed by atoms with Gasteiger partial charge < -0.3 is 92.6 Å². The van der Waals surface area contributed by atoms with E-state index in [1.54, 1.807) is 44.1 Å². The van der Waals surface area contributed by atoms with Crippen molar-refractivity contribution in [2.45, 2.75) is 6.42 Å². The standard InChI is InChI=1S/C68H102N18O18S3/c87-57(88)41-75-15-21-78(44-60(93)94)27-33-84(34-28-79(22-16-75)45-61(95)96)54-7-1-51(2-8-54)72-66(105)69-14-13-50(39-70-67(106)73-52-3-9-55(10-4-52)85-35-29-80(46-62(97)98)23-17-76(42-58(89)90)18-24-81(30-36-85)47-63(99)100)40-71-68(107)74-53-5-11-56(12-6-53)86-37-31-82(48-64(101)102)25-19-77(43-59(91)92)20-26-83(32-38-86)49-65(103)104/h1-12,50H,13-49H2,(H,87,88)(H,89,90)(H,91,92)(H,93,94)(H,95,96)(H,97,98)(H,99,100)(H,101,102)(H,103,104)(H2,69,72,105)(H2,70,73,106)(H2,71,74,107). The number of thiocarbonyl (C=S) groups is 3. The Kier molecular flexibility index (Phi) is 37.6. The molecule has 0 amide bonds. The number of rotatable bonds is 31. The Bertz CT molecular complexity index is 3170. The van der Waals surface area contributed by atoms with Gasteiger partial charge in [0.25, 0.3) is 0 Å². The highest BCUT2D eigenvalue weighted by molar-refractivity contribution is 7.80. The van der Waals surface area contributed by atoms with Gasteiger partial charge in [0.05, 0.1) is 58.9 Å². The average Bonchev–Trinajstić information content (AvgIpc) is 0.868. The molecule has 36 nitrogen and oxygen atoms in total. The van der Waals surface area contributed by atoms with Crippen LogP contribution in [0.4, 0.5) is 34.1 Å². The van der Waals surface area contributed by atoms with Crippen molar-refractivity contribution < 1.29 is 89.1 Å². The zero-order valence-corrected chi connectivity index (χ0v) is 62.4. The number of aliphatic carboxylic acids is 9. The molecule has 0 saturated carbocycles. The summed E-state index contributed by atoms with van der Waals surface area (Å²) in [5, 5.41) is 108. The number of benzene rings is 3. The van der Waals surface area contributed by atoms with Crippen molar-refractivity contribution in [3.63, 3.8) is 0 Å². The second-order valence-corrected chi connectivity index (χ2v) is 27.6. The van der Waals surface area contributed by atoms with E-state index in [1.807, 2.05) is 72.8 Å². The topological polar surface area (TPSA) is 447 Å².